The van der Waals surface area contributed by atoms with Crippen LogP contribution in [0.25, 0.3) is 11.0 Å². The highest BCUT2D eigenvalue weighted by Gasteiger charge is 2.33. The summed E-state index contributed by atoms with van der Waals surface area (Å²) in [5, 5.41) is 11.4. The zero-order chi connectivity index (χ0) is 31.3. The lowest BCUT2D eigenvalue weighted by molar-refractivity contribution is -0.140. The molecule has 0 aliphatic carbocycles. The number of methoxy groups -OCH3 is 3. The van der Waals surface area contributed by atoms with Gasteiger partial charge in [-0.05, 0) is 59.7 Å². The van der Waals surface area contributed by atoms with E-state index in [0.717, 1.165) is 5.56 Å². The molecule has 2 heterocycles. The molecule has 5 aromatic rings. The summed E-state index contributed by atoms with van der Waals surface area (Å²) in [6.07, 6.45) is 0. The van der Waals surface area contributed by atoms with E-state index in [2.05, 4.69) is 15.6 Å². The number of nitrogens with zero attached hydrogens (tertiary/aromatic N) is 4. The Kier molecular flexibility index (Phi) is 8.36. The number of amides is 2. The number of benzene rings is 4. The van der Waals surface area contributed by atoms with Crippen LogP contribution < -0.4 is 29.0 Å². The number of fused-ring (bicyclic) bond motifs is 2. The number of rotatable bonds is 11. The van der Waals surface area contributed by atoms with Crippen molar-refractivity contribution < 1.29 is 33.3 Å². The summed E-state index contributed by atoms with van der Waals surface area (Å²) < 4.78 is 28.8. The normalized spacial score (nSPS) is 12.4. The Morgan fingerprint density at radius 1 is 0.889 bits per heavy atom. The predicted molar refractivity (Wildman–Crippen MR) is 165 cm³/mol. The fraction of sp³-hybridized carbons (Fsp3) is 0.212. The first-order valence-corrected chi connectivity index (χ1v) is 14.1. The van der Waals surface area contributed by atoms with Gasteiger partial charge in [0.05, 0.1) is 26.8 Å². The van der Waals surface area contributed by atoms with Gasteiger partial charge in [-0.25, -0.2) is 4.68 Å². The number of carbonyl (C=O) groups is 2. The third-order valence-electron chi connectivity index (χ3n) is 7.46. The second kappa shape index (κ2) is 12.8. The average molecular weight is 610 g/mol. The van der Waals surface area contributed by atoms with Crippen molar-refractivity contribution >= 4 is 28.5 Å². The van der Waals surface area contributed by atoms with Crippen molar-refractivity contribution in [1.29, 1.82) is 0 Å². The molecule has 0 fully saturated rings. The molecule has 0 saturated heterocycles. The van der Waals surface area contributed by atoms with E-state index in [4.69, 9.17) is 23.7 Å². The molecule has 1 aliphatic heterocycles. The maximum absolute atomic E-state index is 14.3. The molecule has 2 amide bonds. The predicted octanol–water partition coefficient (Wildman–Crippen LogP) is 4.59. The summed E-state index contributed by atoms with van der Waals surface area (Å²) in [4.78, 5) is 30.2. The number of carbonyl (C=O) groups excluding carboxylic acids is 2. The summed E-state index contributed by atoms with van der Waals surface area (Å²) >= 11 is 0. The Labute approximate surface area is 259 Å². The van der Waals surface area contributed by atoms with Gasteiger partial charge in [0.15, 0.2) is 23.0 Å². The van der Waals surface area contributed by atoms with Gasteiger partial charge >= 0.3 is 0 Å². The van der Waals surface area contributed by atoms with Crippen molar-refractivity contribution in [2.75, 3.05) is 33.4 Å². The maximum Gasteiger partial charge on any atom is 0.251 e. The molecular weight excluding hydrogens is 578 g/mol. The second-order valence-corrected chi connectivity index (χ2v) is 10.2. The van der Waals surface area contributed by atoms with Crippen LogP contribution in [0.4, 0.5) is 5.69 Å². The summed E-state index contributed by atoms with van der Waals surface area (Å²) in [6.45, 7) is 0.0445. The van der Waals surface area contributed by atoms with E-state index in [1.165, 1.54) is 23.8 Å². The molecule has 0 unspecified atom stereocenters. The first-order chi connectivity index (χ1) is 22.0. The molecule has 1 atom stereocenters. The Morgan fingerprint density at radius 3 is 2.44 bits per heavy atom. The summed E-state index contributed by atoms with van der Waals surface area (Å²) in [6, 6.07) is 23.9. The van der Waals surface area contributed by atoms with Gasteiger partial charge in [0.2, 0.25) is 12.7 Å². The largest absolute Gasteiger partial charge is 0.497 e. The maximum atomic E-state index is 14.3. The number of nitrogens with one attached hydrogen (secondary N) is 1. The van der Waals surface area contributed by atoms with Crippen LogP contribution in [0, 0.1) is 0 Å². The third kappa shape index (κ3) is 6.16. The van der Waals surface area contributed by atoms with Crippen LogP contribution in [0.1, 0.15) is 17.2 Å². The highest BCUT2D eigenvalue weighted by molar-refractivity contribution is 5.98. The van der Waals surface area contributed by atoms with E-state index in [1.54, 1.807) is 55.6 Å². The van der Waals surface area contributed by atoms with E-state index in [1.807, 2.05) is 36.4 Å². The monoisotopic (exact) mass is 609 g/mol. The lowest BCUT2D eigenvalue weighted by Crippen LogP contribution is -2.42. The number of ether oxygens (including phenoxy) is 5. The molecule has 1 aromatic heterocycles. The minimum atomic E-state index is -1.10. The molecule has 0 saturated carbocycles. The lowest BCUT2D eigenvalue weighted by atomic mass is 10.0. The first kappa shape index (κ1) is 29.3. The van der Waals surface area contributed by atoms with Crippen molar-refractivity contribution in [3.05, 3.63) is 96.1 Å². The minimum absolute atomic E-state index is 0.0993. The molecule has 12 heteroatoms. The highest BCUT2D eigenvalue weighted by atomic mass is 16.7. The van der Waals surface area contributed by atoms with Gasteiger partial charge < -0.3 is 33.9 Å². The van der Waals surface area contributed by atoms with Gasteiger partial charge in [-0.1, -0.05) is 35.5 Å². The van der Waals surface area contributed by atoms with Gasteiger partial charge in [0.25, 0.3) is 5.91 Å². The topological polar surface area (TPSA) is 126 Å². The zero-order valence-corrected chi connectivity index (χ0v) is 24.9. The number of hydrogen-bond acceptors (Lipinski definition) is 9. The minimum Gasteiger partial charge on any atom is -0.497 e. The molecule has 4 aromatic carbocycles. The summed E-state index contributed by atoms with van der Waals surface area (Å²) in [5.74, 6) is 1.85. The van der Waals surface area contributed by atoms with Gasteiger partial charge in [-0.2, -0.15) is 0 Å². The van der Waals surface area contributed by atoms with Crippen LogP contribution in [0.15, 0.2) is 84.9 Å². The van der Waals surface area contributed by atoms with E-state index < -0.39 is 11.9 Å². The molecule has 0 radical (unpaired) electrons. The van der Waals surface area contributed by atoms with Crippen molar-refractivity contribution in [3.8, 4) is 28.7 Å². The average Bonchev–Trinajstić information content (AvgIpc) is 3.71. The van der Waals surface area contributed by atoms with E-state index >= 15 is 0 Å². The van der Waals surface area contributed by atoms with E-state index in [9.17, 15) is 9.59 Å². The fourth-order valence-corrected chi connectivity index (χ4v) is 5.18. The second-order valence-electron chi connectivity index (χ2n) is 10.2. The molecule has 1 N–H and O–H groups in total. The molecular formula is C33H31N5O7. The lowest BCUT2D eigenvalue weighted by Gasteiger charge is -2.32. The molecule has 0 bridgehead atoms. The van der Waals surface area contributed by atoms with Crippen molar-refractivity contribution in [3.63, 3.8) is 0 Å². The Morgan fingerprint density at radius 2 is 1.67 bits per heavy atom. The zero-order valence-electron chi connectivity index (χ0n) is 24.9. The third-order valence-corrected chi connectivity index (χ3v) is 7.46. The van der Waals surface area contributed by atoms with Crippen molar-refractivity contribution in [1.82, 2.24) is 19.9 Å². The molecule has 230 valence electrons. The molecule has 1 aliphatic rings. The molecule has 45 heavy (non-hydrogen) atoms. The van der Waals surface area contributed by atoms with Gasteiger partial charge in [-0.3, -0.25) is 9.59 Å². The van der Waals surface area contributed by atoms with Crippen LogP contribution in [-0.2, 0) is 22.7 Å². The Balaban J connectivity index is 1.42. The SMILES string of the molecule is COc1ccc(CN(C(=O)Cn2nnc3ccccc32)[C@@H](C(=O)Nc2ccc3c(c2)OCO3)c2ccc(OC)c(OC)c2)cc1. The van der Waals surface area contributed by atoms with E-state index in [0.29, 0.717) is 51.0 Å². The number of anilines is 1. The van der Waals surface area contributed by atoms with E-state index in [-0.39, 0.29) is 25.8 Å². The molecule has 12 nitrogen and oxygen atoms in total. The van der Waals surface area contributed by atoms with Crippen LogP contribution in [0.2, 0.25) is 0 Å². The molecule has 0 spiro atoms. The number of hydrogen-bond donors (Lipinski definition) is 1. The van der Waals surface area contributed by atoms with Gasteiger partial charge in [0.1, 0.15) is 23.9 Å². The first-order valence-electron chi connectivity index (χ1n) is 14.1. The quantitative estimate of drug-likeness (QED) is 0.229. The van der Waals surface area contributed by atoms with Crippen molar-refractivity contribution in [2.45, 2.75) is 19.1 Å². The summed E-state index contributed by atoms with van der Waals surface area (Å²) in [5.41, 5.74) is 3.13. The number of aromatic nitrogens is 3. The van der Waals surface area contributed by atoms with Crippen LogP contribution in [-0.4, -0.2) is 59.8 Å². The van der Waals surface area contributed by atoms with Crippen LogP contribution >= 0.6 is 0 Å². The summed E-state index contributed by atoms with van der Waals surface area (Å²) in [7, 11) is 4.63. The van der Waals surface area contributed by atoms with Crippen LogP contribution in [0.5, 0.6) is 28.7 Å². The highest BCUT2D eigenvalue weighted by Crippen LogP contribution is 2.36. The van der Waals surface area contributed by atoms with Crippen molar-refractivity contribution in [2.24, 2.45) is 0 Å². The Bertz CT molecular complexity index is 1840. The fourth-order valence-electron chi connectivity index (χ4n) is 5.18. The Hall–Kier alpha value is -5.78. The molecule has 6 rings (SSSR count). The van der Waals surface area contributed by atoms with Gasteiger partial charge in [0, 0.05) is 18.3 Å². The standard InChI is InChI=1S/C33H31N5O7/c1-41-24-12-8-21(9-13-24)18-37(31(39)19-38-26-7-5-4-6-25(26)35-36-38)32(22-10-14-27(42-2)29(16-22)43-3)33(40)34-23-11-15-28-30(17-23)45-20-44-28/h4-17,32H,18-20H2,1-3H3,(H,34,40)/t32-/m1/s1. The smallest absolute Gasteiger partial charge is 0.251 e. The van der Waals surface area contributed by atoms with Gasteiger partial charge in [-0.15, -0.1) is 5.10 Å². The number of para-hydroxylation sites is 1. The van der Waals surface area contributed by atoms with Crippen LogP contribution in [0.3, 0.4) is 0 Å².